The first-order valence-electron chi connectivity index (χ1n) is 6.86. The third-order valence-corrected chi connectivity index (χ3v) is 4.60. The molecule has 0 aliphatic heterocycles. The second kappa shape index (κ2) is 7.28. The highest BCUT2D eigenvalue weighted by Crippen LogP contribution is 2.33. The van der Waals surface area contributed by atoms with Crippen molar-refractivity contribution >= 4 is 37.5 Å². The van der Waals surface area contributed by atoms with Gasteiger partial charge in [-0.2, -0.15) is 0 Å². The maximum absolute atomic E-state index is 3.65. The Balaban J connectivity index is 2.15. The number of anilines is 1. The molecule has 2 aromatic carbocycles. The van der Waals surface area contributed by atoms with Crippen molar-refractivity contribution in [3.63, 3.8) is 0 Å². The molecule has 0 amide bonds. The van der Waals surface area contributed by atoms with Crippen LogP contribution in [0.25, 0.3) is 0 Å². The molecule has 106 valence electrons. The van der Waals surface area contributed by atoms with E-state index >= 15 is 0 Å². The quantitative estimate of drug-likeness (QED) is 0.657. The van der Waals surface area contributed by atoms with Gasteiger partial charge in [-0.1, -0.05) is 37.3 Å². The summed E-state index contributed by atoms with van der Waals surface area (Å²) in [4.78, 5) is 0. The normalized spacial score (nSPS) is 12.2. The van der Waals surface area contributed by atoms with Gasteiger partial charge in [0.1, 0.15) is 0 Å². The molecular weight excluding hydrogens is 378 g/mol. The third kappa shape index (κ3) is 4.10. The lowest BCUT2D eigenvalue weighted by Crippen LogP contribution is -2.21. The largest absolute Gasteiger partial charge is 0.380 e. The van der Waals surface area contributed by atoms with Crippen molar-refractivity contribution in [2.24, 2.45) is 0 Å². The number of hydrogen-bond donors (Lipinski definition) is 1. The summed E-state index contributed by atoms with van der Waals surface area (Å²) in [6.45, 7) is 4.32. The van der Waals surface area contributed by atoms with Crippen LogP contribution in [0.5, 0.6) is 0 Å². The highest BCUT2D eigenvalue weighted by molar-refractivity contribution is 9.11. The molecule has 0 aliphatic rings. The Morgan fingerprint density at radius 3 is 2.20 bits per heavy atom. The monoisotopic (exact) mass is 395 g/mol. The van der Waals surface area contributed by atoms with Gasteiger partial charge in [0.05, 0.1) is 5.69 Å². The molecule has 1 atom stereocenters. The average molecular weight is 397 g/mol. The predicted molar refractivity (Wildman–Crippen MR) is 94.4 cm³/mol. The molecule has 0 heterocycles. The van der Waals surface area contributed by atoms with Gasteiger partial charge >= 0.3 is 0 Å². The van der Waals surface area contributed by atoms with E-state index in [2.05, 4.69) is 93.5 Å². The van der Waals surface area contributed by atoms with Gasteiger partial charge in [0, 0.05) is 15.0 Å². The predicted octanol–water partition coefficient (Wildman–Crippen LogP) is 5.95. The smallest absolute Gasteiger partial charge is 0.0631 e. The highest BCUT2D eigenvalue weighted by Gasteiger charge is 2.12. The molecule has 0 aliphatic carbocycles. The molecule has 2 aromatic rings. The number of benzene rings is 2. The van der Waals surface area contributed by atoms with Crippen LogP contribution in [0, 0.1) is 6.92 Å². The molecule has 1 unspecified atom stereocenters. The van der Waals surface area contributed by atoms with Crippen LogP contribution in [0.2, 0.25) is 0 Å². The van der Waals surface area contributed by atoms with E-state index in [0.717, 1.165) is 27.5 Å². The van der Waals surface area contributed by atoms with Crippen LogP contribution in [-0.2, 0) is 6.42 Å². The average Bonchev–Trinajstić information content (AvgIpc) is 2.42. The molecule has 0 saturated carbocycles. The zero-order valence-electron chi connectivity index (χ0n) is 11.8. The van der Waals surface area contributed by atoms with Crippen LogP contribution >= 0.6 is 31.9 Å². The first-order valence-corrected chi connectivity index (χ1v) is 8.45. The van der Waals surface area contributed by atoms with E-state index < -0.39 is 0 Å². The van der Waals surface area contributed by atoms with Gasteiger partial charge in [0.2, 0.25) is 0 Å². The molecular formula is C17H19Br2N. The van der Waals surface area contributed by atoms with Crippen molar-refractivity contribution in [2.45, 2.75) is 32.7 Å². The summed E-state index contributed by atoms with van der Waals surface area (Å²) in [7, 11) is 0. The topological polar surface area (TPSA) is 12.0 Å². The minimum atomic E-state index is 0.424. The first kappa shape index (κ1) is 15.6. The minimum absolute atomic E-state index is 0.424. The fourth-order valence-electron chi connectivity index (χ4n) is 2.24. The number of rotatable bonds is 5. The maximum Gasteiger partial charge on any atom is 0.0631 e. The van der Waals surface area contributed by atoms with Gasteiger partial charge in [-0.25, -0.2) is 0 Å². The van der Waals surface area contributed by atoms with Gasteiger partial charge in [-0.05, 0) is 74.9 Å². The van der Waals surface area contributed by atoms with Gasteiger partial charge in [-0.15, -0.1) is 0 Å². The molecule has 1 nitrogen and oxygen atoms in total. The van der Waals surface area contributed by atoms with Crippen molar-refractivity contribution in [3.8, 4) is 0 Å². The summed E-state index contributed by atoms with van der Waals surface area (Å²) in [5, 5.41) is 3.65. The fraction of sp³-hybridized carbons (Fsp3) is 0.294. The van der Waals surface area contributed by atoms with Gasteiger partial charge in [0.15, 0.2) is 0 Å². The van der Waals surface area contributed by atoms with E-state index in [-0.39, 0.29) is 0 Å². The lowest BCUT2D eigenvalue weighted by molar-refractivity contribution is 0.689. The van der Waals surface area contributed by atoms with Gasteiger partial charge in [0.25, 0.3) is 0 Å². The third-order valence-electron chi connectivity index (χ3n) is 3.35. The molecule has 20 heavy (non-hydrogen) atoms. The summed E-state index contributed by atoms with van der Waals surface area (Å²) < 4.78 is 2.21. The van der Waals surface area contributed by atoms with E-state index in [4.69, 9.17) is 0 Å². The van der Waals surface area contributed by atoms with E-state index in [0.29, 0.717) is 6.04 Å². The Labute approximate surface area is 138 Å². The summed E-state index contributed by atoms with van der Waals surface area (Å²) in [6, 6.07) is 15.3. The Bertz CT molecular complexity index is 543. The summed E-state index contributed by atoms with van der Waals surface area (Å²) in [6.07, 6.45) is 2.12. The molecule has 2 rings (SSSR count). The Morgan fingerprint density at radius 1 is 1.05 bits per heavy atom. The molecule has 0 aromatic heterocycles. The number of halogens is 2. The Kier molecular flexibility index (Phi) is 5.67. The number of aryl methyl sites for hydroxylation is 1. The molecule has 0 fully saturated rings. The summed E-state index contributed by atoms with van der Waals surface area (Å²) in [5.41, 5.74) is 3.75. The molecule has 1 N–H and O–H groups in total. The SMILES string of the molecule is CCC(Cc1ccccc1)Nc1c(Br)cc(C)cc1Br. The first-order chi connectivity index (χ1) is 9.60. The van der Waals surface area contributed by atoms with Crippen molar-refractivity contribution in [1.82, 2.24) is 0 Å². The van der Waals surface area contributed by atoms with Crippen LogP contribution in [0.15, 0.2) is 51.4 Å². The second-order valence-corrected chi connectivity index (χ2v) is 6.75. The standard InChI is InChI=1S/C17H19Br2N/c1-3-14(11-13-7-5-4-6-8-13)20-17-15(18)9-12(2)10-16(17)19/h4-10,14,20H,3,11H2,1-2H3. The maximum atomic E-state index is 3.65. The van der Waals surface area contributed by atoms with Crippen LogP contribution < -0.4 is 5.32 Å². The second-order valence-electron chi connectivity index (χ2n) is 5.04. The van der Waals surface area contributed by atoms with E-state index in [9.17, 15) is 0 Å². The number of hydrogen-bond acceptors (Lipinski definition) is 1. The molecule has 0 bridgehead atoms. The summed E-state index contributed by atoms with van der Waals surface area (Å²) >= 11 is 7.30. The lowest BCUT2D eigenvalue weighted by Gasteiger charge is -2.21. The zero-order chi connectivity index (χ0) is 14.5. The number of nitrogens with one attached hydrogen (secondary N) is 1. The molecule has 0 saturated heterocycles. The van der Waals surface area contributed by atoms with E-state index in [1.165, 1.54) is 11.1 Å². The van der Waals surface area contributed by atoms with Crippen molar-refractivity contribution in [1.29, 1.82) is 0 Å². The fourth-order valence-corrected chi connectivity index (χ4v) is 3.88. The molecule has 3 heteroatoms. The van der Waals surface area contributed by atoms with Gasteiger partial charge < -0.3 is 5.32 Å². The van der Waals surface area contributed by atoms with Crippen LogP contribution in [-0.4, -0.2) is 6.04 Å². The van der Waals surface area contributed by atoms with Crippen molar-refractivity contribution < 1.29 is 0 Å². The van der Waals surface area contributed by atoms with E-state index in [1.807, 2.05) is 0 Å². The molecule has 0 spiro atoms. The van der Waals surface area contributed by atoms with Gasteiger partial charge in [-0.3, -0.25) is 0 Å². The summed E-state index contributed by atoms with van der Waals surface area (Å²) in [5.74, 6) is 0. The Morgan fingerprint density at radius 2 is 1.65 bits per heavy atom. The van der Waals surface area contributed by atoms with Crippen LogP contribution in [0.3, 0.4) is 0 Å². The van der Waals surface area contributed by atoms with Crippen molar-refractivity contribution in [2.75, 3.05) is 5.32 Å². The van der Waals surface area contributed by atoms with Crippen LogP contribution in [0.4, 0.5) is 5.69 Å². The molecule has 0 radical (unpaired) electrons. The van der Waals surface area contributed by atoms with Crippen LogP contribution in [0.1, 0.15) is 24.5 Å². The zero-order valence-corrected chi connectivity index (χ0v) is 15.0. The lowest BCUT2D eigenvalue weighted by atomic mass is 10.0. The Hall–Kier alpha value is -0.800. The highest BCUT2D eigenvalue weighted by atomic mass is 79.9. The minimum Gasteiger partial charge on any atom is -0.380 e. The van der Waals surface area contributed by atoms with E-state index in [1.54, 1.807) is 0 Å². The van der Waals surface area contributed by atoms with Crippen molar-refractivity contribution in [3.05, 3.63) is 62.5 Å².